The molecule has 1 rings (SSSR count). The van der Waals surface area contributed by atoms with Crippen molar-refractivity contribution in [1.82, 2.24) is 5.43 Å². The molecule has 60 valence electrons. The lowest BCUT2D eigenvalue weighted by atomic mass is 10.2. The molecule has 0 unspecified atom stereocenters. The van der Waals surface area contributed by atoms with Crippen LogP contribution in [0.2, 0.25) is 0 Å². The quantitative estimate of drug-likeness (QED) is 0.472. The summed E-state index contributed by atoms with van der Waals surface area (Å²) in [6, 6.07) is 6.35. The molecule has 11 heavy (non-hydrogen) atoms. The summed E-state index contributed by atoms with van der Waals surface area (Å²) in [7, 11) is 0. The first-order valence-electron chi connectivity index (χ1n) is 3.11. The van der Waals surface area contributed by atoms with E-state index < -0.39 is 0 Å². The van der Waals surface area contributed by atoms with Gasteiger partial charge < -0.3 is 0 Å². The molecule has 1 aromatic rings. The molecule has 0 aliphatic rings. The van der Waals surface area contributed by atoms with Gasteiger partial charge in [0.2, 0.25) is 0 Å². The molecule has 0 fully saturated rings. The van der Waals surface area contributed by atoms with Gasteiger partial charge in [0.25, 0.3) is 0 Å². The normalized spacial score (nSPS) is 10.1. The predicted molar refractivity (Wildman–Crippen MR) is 62.9 cm³/mol. The first-order chi connectivity index (χ1) is 5.22. The molecule has 2 nitrogen and oxygen atoms in total. The van der Waals surface area contributed by atoms with Crippen LogP contribution in [0.3, 0.4) is 0 Å². The highest BCUT2D eigenvalue weighted by molar-refractivity contribution is 14.1. The number of nitrogens with one attached hydrogen (secondary N) is 1. The van der Waals surface area contributed by atoms with Crippen LogP contribution < -0.4 is 11.3 Å². The predicted octanol–water partition coefficient (Wildman–Crippen LogP) is 1.86. The van der Waals surface area contributed by atoms with Crippen molar-refractivity contribution in [1.29, 1.82) is 0 Å². The van der Waals surface area contributed by atoms with E-state index in [1.807, 2.05) is 0 Å². The SMILES string of the molecule is NNCc1cc(I)cc(I)c1. The molecular formula is C7H8I2N2. The van der Waals surface area contributed by atoms with Crippen molar-refractivity contribution >= 4 is 45.2 Å². The third-order valence-corrected chi connectivity index (χ3v) is 2.47. The zero-order valence-corrected chi connectivity index (χ0v) is 10.1. The van der Waals surface area contributed by atoms with Gasteiger partial charge in [0, 0.05) is 13.7 Å². The van der Waals surface area contributed by atoms with Crippen LogP contribution in [-0.2, 0) is 6.54 Å². The van der Waals surface area contributed by atoms with Crippen molar-refractivity contribution in [2.24, 2.45) is 5.84 Å². The van der Waals surface area contributed by atoms with E-state index >= 15 is 0 Å². The monoisotopic (exact) mass is 374 g/mol. The number of rotatable bonds is 2. The van der Waals surface area contributed by atoms with Crippen LogP contribution in [-0.4, -0.2) is 0 Å². The first kappa shape index (κ1) is 9.69. The summed E-state index contributed by atoms with van der Waals surface area (Å²) >= 11 is 4.59. The molecule has 4 heteroatoms. The van der Waals surface area contributed by atoms with Crippen molar-refractivity contribution < 1.29 is 0 Å². The molecule has 1 aromatic carbocycles. The van der Waals surface area contributed by atoms with Crippen LogP contribution in [0.15, 0.2) is 18.2 Å². The van der Waals surface area contributed by atoms with E-state index in [1.165, 1.54) is 12.7 Å². The summed E-state index contributed by atoms with van der Waals surface area (Å²) in [6.45, 7) is 0.729. The molecule has 0 radical (unpaired) electrons. The highest BCUT2D eigenvalue weighted by Gasteiger charge is 1.95. The minimum absolute atomic E-state index is 0.729. The molecule has 0 atom stereocenters. The molecule has 0 bridgehead atoms. The Balaban J connectivity index is 2.89. The molecule has 0 heterocycles. The van der Waals surface area contributed by atoms with E-state index in [4.69, 9.17) is 5.84 Å². The summed E-state index contributed by atoms with van der Waals surface area (Å²) in [6.07, 6.45) is 0. The van der Waals surface area contributed by atoms with E-state index in [1.54, 1.807) is 0 Å². The molecule has 0 aliphatic carbocycles. The largest absolute Gasteiger partial charge is 0.271 e. The third-order valence-electron chi connectivity index (χ3n) is 1.23. The number of benzene rings is 1. The highest BCUT2D eigenvalue weighted by Crippen LogP contribution is 2.13. The number of hydrogen-bond acceptors (Lipinski definition) is 2. The van der Waals surface area contributed by atoms with E-state index in [9.17, 15) is 0 Å². The maximum Gasteiger partial charge on any atom is 0.0349 e. The summed E-state index contributed by atoms with van der Waals surface area (Å²) in [5.41, 5.74) is 3.86. The van der Waals surface area contributed by atoms with E-state index in [0.29, 0.717) is 0 Å². The number of nitrogens with two attached hydrogens (primary N) is 1. The Labute approximate surface area is 93.2 Å². The van der Waals surface area contributed by atoms with Gasteiger partial charge in [0.1, 0.15) is 0 Å². The van der Waals surface area contributed by atoms with Crippen molar-refractivity contribution in [3.8, 4) is 0 Å². The molecule has 0 aromatic heterocycles. The average Bonchev–Trinajstić information content (AvgIpc) is 1.85. The van der Waals surface area contributed by atoms with Gasteiger partial charge in [0.15, 0.2) is 0 Å². The maximum absolute atomic E-state index is 5.21. The van der Waals surface area contributed by atoms with Gasteiger partial charge in [-0.05, 0) is 68.9 Å². The molecule has 3 N–H and O–H groups in total. The molecule has 0 spiro atoms. The summed E-state index contributed by atoms with van der Waals surface area (Å²) in [5.74, 6) is 5.21. The lowest BCUT2D eigenvalue weighted by molar-refractivity contribution is 0.740. The Morgan fingerprint density at radius 2 is 1.73 bits per heavy atom. The Hall–Kier alpha value is 0.600. The van der Waals surface area contributed by atoms with Crippen molar-refractivity contribution in [2.75, 3.05) is 0 Å². The molecular weight excluding hydrogens is 366 g/mol. The van der Waals surface area contributed by atoms with Crippen molar-refractivity contribution in [3.05, 3.63) is 30.9 Å². The fourth-order valence-corrected chi connectivity index (χ4v) is 2.90. The van der Waals surface area contributed by atoms with Crippen LogP contribution in [0, 0.1) is 7.14 Å². The first-order valence-corrected chi connectivity index (χ1v) is 5.26. The standard InChI is InChI=1S/C7H8I2N2/c8-6-1-5(4-11-10)2-7(9)3-6/h1-3,11H,4,10H2. The van der Waals surface area contributed by atoms with E-state index in [0.717, 1.165) is 6.54 Å². The van der Waals surface area contributed by atoms with E-state index in [-0.39, 0.29) is 0 Å². The smallest absolute Gasteiger partial charge is 0.0349 e. The summed E-state index contributed by atoms with van der Waals surface area (Å²) in [4.78, 5) is 0. The number of hydrazine groups is 1. The summed E-state index contributed by atoms with van der Waals surface area (Å²) < 4.78 is 2.50. The van der Waals surface area contributed by atoms with Gasteiger partial charge in [-0.25, -0.2) is 0 Å². The number of halogens is 2. The Morgan fingerprint density at radius 1 is 1.18 bits per heavy atom. The van der Waals surface area contributed by atoms with Gasteiger partial charge in [0.05, 0.1) is 0 Å². The zero-order chi connectivity index (χ0) is 8.27. The Bertz CT molecular complexity index is 230. The Kier molecular flexibility index (Phi) is 4.04. The fraction of sp³-hybridized carbons (Fsp3) is 0.143. The average molecular weight is 374 g/mol. The second-order valence-corrected chi connectivity index (χ2v) is 4.65. The topological polar surface area (TPSA) is 38.0 Å². The van der Waals surface area contributed by atoms with Crippen molar-refractivity contribution in [2.45, 2.75) is 6.54 Å². The second-order valence-electron chi connectivity index (χ2n) is 2.16. The van der Waals surface area contributed by atoms with E-state index in [2.05, 4.69) is 68.8 Å². The second kappa shape index (κ2) is 4.58. The van der Waals surface area contributed by atoms with Crippen LogP contribution >= 0.6 is 45.2 Å². The third kappa shape index (κ3) is 3.22. The summed E-state index contributed by atoms with van der Waals surface area (Å²) in [5, 5.41) is 0. The molecule has 0 saturated carbocycles. The molecule has 0 aliphatic heterocycles. The fourth-order valence-electron chi connectivity index (χ4n) is 0.831. The number of hydrogen-bond donors (Lipinski definition) is 2. The lowest BCUT2D eigenvalue weighted by Crippen LogP contribution is -2.20. The van der Waals surface area contributed by atoms with Gasteiger partial charge in [-0.15, -0.1) is 0 Å². The zero-order valence-electron chi connectivity index (χ0n) is 5.77. The minimum atomic E-state index is 0.729. The molecule has 0 amide bonds. The maximum atomic E-state index is 5.21. The molecule has 0 saturated heterocycles. The van der Waals surface area contributed by atoms with Crippen LogP contribution in [0.25, 0.3) is 0 Å². The Morgan fingerprint density at radius 3 is 2.18 bits per heavy atom. The minimum Gasteiger partial charge on any atom is -0.271 e. The van der Waals surface area contributed by atoms with Crippen molar-refractivity contribution in [3.63, 3.8) is 0 Å². The van der Waals surface area contributed by atoms with Crippen LogP contribution in [0.5, 0.6) is 0 Å². The van der Waals surface area contributed by atoms with Crippen LogP contribution in [0.1, 0.15) is 5.56 Å². The van der Waals surface area contributed by atoms with Crippen LogP contribution in [0.4, 0.5) is 0 Å². The highest BCUT2D eigenvalue weighted by atomic mass is 127. The van der Waals surface area contributed by atoms with Gasteiger partial charge in [-0.2, -0.15) is 0 Å². The lowest BCUT2D eigenvalue weighted by Gasteiger charge is -2.01. The van der Waals surface area contributed by atoms with Gasteiger partial charge >= 0.3 is 0 Å². The van der Waals surface area contributed by atoms with Gasteiger partial charge in [-0.3, -0.25) is 11.3 Å². The van der Waals surface area contributed by atoms with Gasteiger partial charge in [-0.1, -0.05) is 0 Å².